The highest BCUT2D eigenvalue weighted by atomic mass is 16.6. The summed E-state index contributed by atoms with van der Waals surface area (Å²) in [6.07, 6.45) is 0. The summed E-state index contributed by atoms with van der Waals surface area (Å²) in [5, 5.41) is 5.01. The van der Waals surface area contributed by atoms with Crippen LogP contribution in [-0.2, 0) is 9.47 Å². The minimum atomic E-state index is -0.752. The molecule has 0 bridgehead atoms. The van der Waals surface area contributed by atoms with E-state index >= 15 is 0 Å². The van der Waals surface area contributed by atoms with Crippen LogP contribution < -0.4 is 0 Å². The zero-order chi connectivity index (χ0) is 31.1. The van der Waals surface area contributed by atoms with E-state index < -0.39 is 23.9 Å². The Morgan fingerprint density at radius 1 is 0.370 bits per heavy atom. The lowest BCUT2D eigenvalue weighted by molar-refractivity contribution is 0.0373. The average Bonchev–Trinajstić information content (AvgIpc) is 3.08. The monoisotopic (exact) mass is 592 g/mol. The number of hydrogen-bond acceptors (Lipinski definition) is 6. The van der Waals surface area contributed by atoms with E-state index in [1.807, 2.05) is 60.7 Å². The van der Waals surface area contributed by atoms with Crippen LogP contribution in [0.5, 0.6) is 0 Å². The van der Waals surface area contributed by atoms with Gasteiger partial charge in [-0.15, -0.1) is 0 Å². The second kappa shape index (κ2) is 9.37. The van der Waals surface area contributed by atoms with Crippen LogP contribution in [0.4, 0.5) is 0 Å². The second-order valence-electron chi connectivity index (χ2n) is 11.1. The first-order valence-corrected chi connectivity index (χ1v) is 14.4. The third-order valence-corrected chi connectivity index (χ3v) is 8.59. The van der Waals surface area contributed by atoms with Gasteiger partial charge in [-0.05, 0) is 59.3 Å². The predicted molar refractivity (Wildman–Crippen MR) is 172 cm³/mol. The molecule has 0 fully saturated rings. The first kappa shape index (κ1) is 25.7. The molecule has 2 aliphatic rings. The lowest BCUT2D eigenvalue weighted by Crippen LogP contribution is -2.21. The molecule has 0 radical (unpaired) electrons. The summed E-state index contributed by atoms with van der Waals surface area (Å²) in [6, 6.07) is 29.1. The Bertz CT molecular complexity index is 2510. The Morgan fingerprint density at radius 3 is 1.17 bits per heavy atom. The van der Waals surface area contributed by atoms with Gasteiger partial charge in [-0.2, -0.15) is 0 Å². The molecule has 0 amide bonds. The van der Waals surface area contributed by atoms with E-state index in [1.54, 1.807) is 36.4 Å². The lowest BCUT2D eigenvalue weighted by Gasteiger charge is -2.24. The van der Waals surface area contributed by atoms with Crippen LogP contribution in [0.25, 0.3) is 43.1 Å². The summed E-state index contributed by atoms with van der Waals surface area (Å²) in [7, 11) is 0. The topological polar surface area (TPSA) is 86.7 Å². The first-order chi connectivity index (χ1) is 22.5. The van der Waals surface area contributed by atoms with E-state index in [-0.39, 0.29) is 22.3 Å². The van der Waals surface area contributed by atoms with Crippen molar-refractivity contribution >= 4 is 67.0 Å². The smallest absolute Gasteiger partial charge is 0.346 e. The van der Waals surface area contributed by atoms with E-state index in [9.17, 15) is 19.2 Å². The molecule has 0 aliphatic carbocycles. The molecule has 0 spiro atoms. The summed E-state index contributed by atoms with van der Waals surface area (Å²) in [4.78, 5) is 52.4. The number of carbonyl (C=O) groups is 4. The molecule has 0 atom stereocenters. The zero-order valence-corrected chi connectivity index (χ0v) is 23.7. The molecule has 212 valence electrons. The minimum absolute atomic E-state index is 0.234. The summed E-state index contributed by atoms with van der Waals surface area (Å²) in [6.45, 7) is 0. The quantitative estimate of drug-likeness (QED) is 0.0611. The molecule has 0 aromatic heterocycles. The van der Waals surface area contributed by atoms with Crippen molar-refractivity contribution in [1.29, 1.82) is 0 Å². The van der Waals surface area contributed by atoms with E-state index in [2.05, 4.69) is 23.7 Å². The van der Waals surface area contributed by atoms with Crippen LogP contribution >= 0.6 is 0 Å². The van der Waals surface area contributed by atoms with Crippen molar-refractivity contribution in [2.75, 3.05) is 0 Å². The van der Waals surface area contributed by atoms with Crippen molar-refractivity contribution in [3.63, 3.8) is 0 Å². The number of hydrogen-bond donors (Lipinski definition) is 0. The highest BCUT2D eigenvalue weighted by Crippen LogP contribution is 2.48. The summed E-state index contributed by atoms with van der Waals surface area (Å²) >= 11 is 0. The fraction of sp³-hybridized carbons (Fsp3) is 0. The van der Waals surface area contributed by atoms with Crippen LogP contribution in [0, 0.1) is 23.7 Å². The van der Waals surface area contributed by atoms with Gasteiger partial charge in [0.25, 0.3) is 0 Å². The second-order valence-corrected chi connectivity index (χ2v) is 11.1. The molecule has 0 saturated carbocycles. The van der Waals surface area contributed by atoms with E-state index in [0.717, 1.165) is 11.1 Å². The molecule has 2 aliphatic heterocycles. The van der Waals surface area contributed by atoms with Crippen molar-refractivity contribution in [2.45, 2.75) is 0 Å². The Balaban J connectivity index is 1.53. The number of esters is 4. The van der Waals surface area contributed by atoms with Gasteiger partial charge in [0.1, 0.15) is 0 Å². The number of ether oxygens (including phenoxy) is 2. The van der Waals surface area contributed by atoms with Crippen LogP contribution in [0.15, 0.2) is 97.1 Å². The van der Waals surface area contributed by atoms with Gasteiger partial charge in [-0.1, -0.05) is 72.2 Å². The molecule has 9 rings (SSSR count). The molecule has 7 aromatic carbocycles. The molecular weight excluding hydrogens is 576 g/mol. The standard InChI is InChI=1S/C40H16O6/c41-37-27-18-16-26-32-24(14-12-22-9-5-2-6-10-22)20-30-34-28(38(42)46-40(30)44)17-15-25(36(32)34)31-23(13-11-21-7-3-1-4-8-21)19-29(39(43)45-37)33(27)35(26)31/h1-10,15-20H. The van der Waals surface area contributed by atoms with Crippen molar-refractivity contribution in [1.82, 2.24) is 0 Å². The fourth-order valence-corrected chi connectivity index (χ4v) is 6.68. The maximum absolute atomic E-state index is 13.2. The van der Waals surface area contributed by atoms with Gasteiger partial charge in [0.05, 0.1) is 22.3 Å². The summed E-state index contributed by atoms with van der Waals surface area (Å²) in [5.41, 5.74) is 3.61. The third-order valence-electron chi connectivity index (χ3n) is 8.59. The van der Waals surface area contributed by atoms with Crippen LogP contribution in [0.3, 0.4) is 0 Å². The van der Waals surface area contributed by atoms with Gasteiger partial charge in [-0.3, -0.25) is 0 Å². The molecule has 0 saturated heterocycles. The molecule has 6 heteroatoms. The molecule has 46 heavy (non-hydrogen) atoms. The van der Waals surface area contributed by atoms with E-state index in [0.29, 0.717) is 54.2 Å². The molecule has 7 aromatic rings. The first-order valence-electron chi connectivity index (χ1n) is 14.4. The zero-order valence-electron chi connectivity index (χ0n) is 23.7. The van der Waals surface area contributed by atoms with E-state index in [1.165, 1.54) is 0 Å². The maximum atomic E-state index is 13.2. The Kier molecular flexibility index (Phi) is 5.24. The van der Waals surface area contributed by atoms with Crippen molar-refractivity contribution in [3.05, 3.63) is 142 Å². The number of fused-ring (bicyclic) bond motifs is 2. The SMILES string of the molecule is O=C1OC(=O)c2cc(C#Cc3ccccc3)c3c4ccc5c6c(cc(C#Cc7ccccc7)c(c7ccc1c2c73)c64)C(=O)OC5=O. The molecule has 2 heterocycles. The largest absolute Gasteiger partial charge is 0.386 e. The van der Waals surface area contributed by atoms with Gasteiger partial charge in [0, 0.05) is 54.6 Å². The van der Waals surface area contributed by atoms with Crippen molar-refractivity contribution in [2.24, 2.45) is 0 Å². The van der Waals surface area contributed by atoms with Gasteiger partial charge in [0.15, 0.2) is 0 Å². The van der Waals surface area contributed by atoms with Crippen LogP contribution in [0.2, 0.25) is 0 Å². The maximum Gasteiger partial charge on any atom is 0.346 e. The minimum Gasteiger partial charge on any atom is -0.386 e. The number of cyclic esters (lactones) is 4. The van der Waals surface area contributed by atoms with Gasteiger partial charge < -0.3 is 9.47 Å². The average molecular weight is 593 g/mol. The molecule has 0 N–H and O–H groups in total. The Labute approximate surface area is 260 Å². The number of carbonyl (C=O) groups excluding carboxylic acids is 4. The van der Waals surface area contributed by atoms with Gasteiger partial charge >= 0.3 is 23.9 Å². The van der Waals surface area contributed by atoms with Crippen LogP contribution in [-0.4, -0.2) is 23.9 Å². The highest BCUT2D eigenvalue weighted by Gasteiger charge is 2.34. The van der Waals surface area contributed by atoms with Gasteiger partial charge in [-0.25, -0.2) is 19.2 Å². The van der Waals surface area contributed by atoms with Crippen molar-refractivity contribution < 1.29 is 28.7 Å². The normalized spacial score (nSPS) is 13.4. The van der Waals surface area contributed by atoms with Crippen LogP contribution in [0.1, 0.15) is 63.7 Å². The fourth-order valence-electron chi connectivity index (χ4n) is 6.68. The Morgan fingerprint density at radius 2 is 0.761 bits per heavy atom. The lowest BCUT2D eigenvalue weighted by atomic mass is 9.80. The third kappa shape index (κ3) is 3.56. The predicted octanol–water partition coefficient (Wildman–Crippen LogP) is 7.16. The summed E-state index contributed by atoms with van der Waals surface area (Å²) in [5.74, 6) is 9.96. The number of rotatable bonds is 0. The molecular formula is C40H16O6. The highest BCUT2D eigenvalue weighted by molar-refractivity contribution is 6.41. The Hall–Kier alpha value is -6.76. The number of benzene rings is 7. The van der Waals surface area contributed by atoms with Crippen molar-refractivity contribution in [3.8, 4) is 23.7 Å². The summed E-state index contributed by atoms with van der Waals surface area (Å²) < 4.78 is 10.3. The molecule has 0 unspecified atom stereocenters. The van der Waals surface area contributed by atoms with Gasteiger partial charge in [0.2, 0.25) is 0 Å². The molecule has 6 nitrogen and oxygen atoms in total. The van der Waals surface area contributed by atoms with E-state index in [4.69, 9.17) is 9.47 Å².